The zero-order valence-electron chi connectivity index (χ0n) is 9.58. The third kappa shape index (κ3) is 1.88. The number of anilines is 1. The molecule has 0 unspecified atom stereocenters. The van der Waals surface area contributed by atoms with Crippen LogP contribution in [0.15, 0.2) is 22.7 Å². The fourth-order valence-corrected chi connectivity index (χ4v) is 3.50. The van der Waals surface area contributed by atoms with Crippen molar-refractivity contribution < 1.29 is 0 Å². The average Bonchev–Trinajstić information content (AvgIpc) is 2.73. The number of benzene rings is 1. The summed E-state index contributed by atoms with van der Waals surface area (Å²) in [5, 5.41) is 0. The normalized spacial score (nSPS) is 21.2. The van der Waals surface area contributed by atoms with Gasteiger partial charge in [-0.1, -0.05) is 41.3 Å². The smallest absolute Gasteiger partial charge is 0.0413 e. The Bertz CT molecular complexity index is 382. The Hall–Kier alpha value is -0.500. The average molecular weight is 280 g/mol. The van der Waals surface area contributed by atoms with E-state index in [-0.39, 0.29) is 0 Å². The summed E-state index contributed by atoms with van der Waals surface area (Å²) in [4.78, 5) is 2.65. The lowest BCUT2D eigenvalue weighted by Crippen LogP contribution is -2.35. The molecule has 1 saturated carbocycles. The lowest BCUT2D eigenvalue weighted by Gasteiger charge is -2.33. The van der Waals surface area contributed by atoms with Gasteiger partial charge in [-0.05, 0) is 37.0 Å². The fraction of sp³-hybridized carbons (Fsp3) is 0.571. The molecule has 1 heterocycles. The van der Waals surface area contributed by atoms with E-state index in [4.69, 9.17) is 0 Å². The zero-order chi connectivity index (χ0) is 11.0. The van der Waals surface area contributed by atoms with Gasteiger partial charge >= 0.3 is 0 Å². The van der Waals surface area contributed by atoms with Gasteiger partial charge in [0.05, 0.1) is 0 Å². The number of fused-ring (bicyclic) bond motifs is 1. The highest BCUT2D eigenvalue weighted by atomic mass is 79.9. The number of rotatable bonds is 1. The van der Waals surface area contributed by atoms with Gasteiger partial charge in [-0.15, -0.1) is 0 Å². The first-order valence-corrected chi connectivity index (χ1v) is 7.19. The molecule has 0 N–H and O–H groups in total. The lowest BCUT2D eigenvalue weighted by molar-refractivity contribution is 0.420. The second-order valence-corrected chi connectivity index (χ2v) is 5.92. The molecule has 1 nitrogen and oxygen atoms in total. The predicted molar refractivity (Wildman–Crippen MR) is 72.1 cm³/mol. The third-order valence-electron chi connectivity index (χ3n) is 3.99. The molecule has 1 aliphatic heterocycles. The van der Waals surface area contributed by atoms with Crippen LogP contribution in [0.1, 0.15) is 37.7 Å². The Morgan fingerprint density at radius 1 is 1.12 bits per heavy atom. The van der Waals surface area contributed by atoms with Crippen LogP contribution in [0.25, 0.3) is 0 Å². The van der Waals surface area contributed by atoms with Gasteiger partial charge in [-0.2, -0.15) is 0 Å². The van der Waals surface area contributed by atoms with Crippen molar-refractivity contribution in [2.24, 2.45) is 0 Å². The molecule has 2 aliphatic rings. The second kappa shape index (κ2) is 4.40. The van der Waals surface area contributed by atoms with Crippen LogP contribution in [-0.2, 0) is 6.42 Å². The fourth-order valence-electron chi connectivity index (χ4n) is 3.15. The molecule has 1 aliphatic carbocycles. The highest BCUT2D eigenvalue weighted by Gasteiger charge is 2.27. The van der Waals surface area contributed by atoms with Crippen molar-refractivity contribution in [2.75, 3.05) is 11.4 Å². The summed E-state index contributed by atoms with van der Waals surface area (Å²) < 4.78 is 1.22. The zero-order valence-corrected chi connectivity index (χ0v) is 11.2. The van der Waals surface area contributed by atoms with Gasteiger partial charge in [0.25, 0.3) is 0 Å². The summed E-state index contributed by atoms with van der Waals surface area (Å²) in [5.74, 6) is 0. The Labute approximate surface area is 106 Å². The minimum Gasteiger partial charge on any atom is -0.368 e. The molecule has 0 amide bonds. The molecule has 3 rings (SSSR count). The lowest BCUT2D eigenvalue weighted by atomic mass is 9.94. The molecule has 16 heavy (non-hydrogen) atoms. The van der Waals surface area contributed by atoms with Crippen molar-refractivity contribution in [3.63, 3.8) is 0 Å². The largest absolute Gasteiger partial charge is 0.368 e. The maximum Gasteiger partial charge on any atom is 0.0413 e. The van der Waals surface area contributed by atoms with E-state index >= 15 is 0 Å². The van der Waals surface area contributed by atoms with E-state index in [1.807, 2.05) is 0 Å². The van der Waals surface area contributed by atoms with Gasteiger partial charge in [0.2, 0.25) is 0 Å². The Morgan fingerprint density at radius 3 is 2.75 bits per heavy atom. The molecule has 1 fully saturated rings. The van der Waals surface area contributed by atoms with Crippen molar-refractivity contribution in [2.45, 2.75) is 44.6 Å². The highest BCUT2D eigenvalue weighted by Crippen LogP contribution is 2.35. The van der Waals surface area contributed by atoms with Crippen LogP contribution in [0.5, 0.6) is 0 Å². The summed E-state index contributed by atoms with van der Waals surface area (Å²) in [6.07, 6.45) is 8.31. The minimum absolute atomic E-state index is 0.810. The summed E-state index contributed by atoms with van der Waals surface area (Å²) in [5.41, 5.74) is 3.02. The molecule has 0 spiro atoms. The number of hydrogen-bond acceptors (Lipinski definition) is 1. The van der Waals surface area contributed by atoms with Gasteiger partial charge < -0.3 is 4.90 Å². The van der Waals surface area contributed by atoms with Crippen LogP contribution < -0.4 is 4.90 Å². The van der Waals surface area contributed by atoms with Crippen molar-refractivity contribution in [1.29, 1.82) is 0 Å². The first-order valence-electron chi connectivity index (χ1n) is 6.40. The molecule has 1 aromatic carbocycles. The van der Waals surface area contributed by atoms with Gasteiger partial charge in [-0.3, -0.25) is 0 Å². The first kappa shape index (κ1) is 10.6. The van der Waals surface area contributed by atoms with E-state index in [9.17, 15) is 0 Å². The Balaban J connectivity index is 1.86. The molecule has 0 aromatic heterocycles. The van der Waals surface area contributed by atoms with Crippen LogP contribution in [-0.4, -0.2) is 12.6 Å². The van der Waals surface area contributed by atoms with Gasteiger partial charge in [-0.25, -0.2) is 0 Å². The molecular weight excluding hydrogens is 262 g/mol. The Kier molecular flexibility index (Phi) is 2.93. The van der Waals surface area contributed by atoms with E-state index < -0.39 is 0 Å². The van der Waals surface area contributed by atoms with Crippen molar-refractivity contribution in [1.82, 2.24) is 0 Å². The van der Waals surface area contributed by atoms with Crippen molar-refractivity contribution in [3.8, 4) is 0 Å². The van der Waals surface area contributed by atoms with E-state index in [1.165, 1.54) is 60.8 Å². The Morgan fingerprint density at radius 2 is 1.94 bits per heavy atom. The standard InChI is InChI=1S/C14H18BrN/c15-12-7-6-11-8-9-16(14(11)10-12)13-4-2-1-3-5-13/h6-7,10,13H,1-5,8-9H2. The molecule has 0 atom stereocenters. The minimum atomic E-state index is 0.810. The van der Waals surface area contributed by atoms with Crippen molar-refractivity contribution >= 4 is 21.6 Å². The second-order valence-electron chi connectivity index (χ2n) is 5.01. The maximum atomic E-state index is 3.59. The molecule has 0 radical (unpaired) electrons. The van der Waals surface area contributed by atoms with Gasteiger partial charge in [0, 0.05) is 22.7 Å². The molecule has 1 aromatic rings. The first-order chi connectivity index (χ1) is 7.84. The topological polar surface area (TPSA) is 3.24 Å². The molecule has 0 saturated heterocycles. The number of halogens is 1. The van der Waals surface area contributed by atoms with Crippen molar-refractivity contribution in [3.05, 3.63) is 28.2 Å². The summed E-state index contributed by atoms with van der Waals surface area (Å²) in [6.45, 7) is 1.23. The van der Waals surface area contributed by atoms with Crippen LogP contribution >= 0.6 is 15.9 Å². The number of hydrogen-bond donors (Lipinski definition) is 0. The summed E-state index contributed by atoms with van der Waals surface area (Å²) >= 11 is 3.59. The van der Waals surface area contributed by atoms with Gasteiger partial charge in [0.1, 0.15) is 0 Å². The molecule has 2 heteroatoms. The van der Waals surface area contributed by atoms with Crippen LogP contribution in [0, 0.1) is 0 Å². The van der Waals surface area contributed by atoms with Crippen LogP contribution in [0.3, 0.4) is 0 Å². The van der Waals surface area contributed by atoms with E-state index in [0.717, 1.165) is 6.04 Å². The maximum absolute atomic E-state index is 3.59. The molecular formula is C14H18BrN. The van der Waals surface area contributed by atoms with E-state index in [2.05, 4.69) is 39.0 Å². The van der Waals surface area contributed by atoms with Crippen LogP contribution in [0.2, 0.25) is 0 Å². The summed E-state index contributed by atoms with van der Waals surface area (Å²) in [7, 11) is 0. The van der Waals surface area contributed by atoms with E-state index in [1.54, 1.807) is 0 Å². The highest BCUT2D eigenvalue weighted by molar-refractivity contribution is 9.10. The predicted octanol–water partition coefficient (Wildman–Crippen LogP) is 4.14. The summed E-state index contributed by atoms with van der Waals surface area (Å²) in [6, 6.07) is 7.56. The molecule has 0 bridgehead atoms. The number of nitrogens with zero attached hydrogens (tertiary/aromatic N) is 1. The van der Waals surface area contributed by atoms with Gasteiger partial charge in [0.15, 0.2) is 0 Å². The monoisotopic (exact) mass is 279 g/mol. The third-order valence-corrected chi connectivity index (χ3v) is 4.49. The van der Waals surface area contributed by atoms with Crippen LogP contribution in [0.4, 0.5) is 5.69 Å². The SMILES string of the molecule is Brc1ccc2c(c1)N(C1CCCCC1)CC2. The molecule has 86 valence electrons. The van der Waals surface area contributed by atoms with E-state index in [0.29, 0.717) is 0 Å². The quantitative estimate of drug-likeness (QED) is 0.747.